The van der Waals surface area contributed by atoms with Gasteiger partial charge in [0.25, 0.3) is 10.0 Å². The minimum absolute atomic E-state index is 0.0224. The van der Waals surface area contributed by atoms with E-state index in [0.29, 0.717) is 55.6 Å². The Bertz CT molecular complexity index is 2680. The summed E-state index contributed by atoms with van der Waals surface area (Å²) in [4.78, 5) is 29.1. The summed E-state index contributed by atoms with van der Waals surface area (Å²) in [7, 11) is -1.17. The number of carbonyl (C=O) groups excluding carboxylic acids is 1. The zero-order valence-corrected chi connectivity index (χ0v) is 35.2. The Balaban J connectivity index is 1.04. The Labute approximate surface area is 359 Å². The molecule has 7 rings (SSSR count). The third kappa shape index (κ3) is 10.1. The van der Waals surface area contributed by atoms with E-state index in [-0.39, 0.29) is 29.0 Å². The van der Waals surface area contributed by atoms with Crippen molar-refractivity contribution >= 4 is 55.2 Å². The number of fused-ring (bicyclic) bond motifs is 1. The first-order valence-electron chi connectivity index (χ1n) is 18.6. The van der Waals surface area contributed by atoms with Gasteiger partial charge in [0.05, 0.1) is 30.6 Å². The minimum atomic E-state index is -4.30. The lowest BCUT2D eigenvalue weighted by atomic mass is 9.78. The summed E-state index contributed by atoms with van der Waals surface area (Å²) in [6, 6.07) is 34.3. The number of amides is 1. The number of carboxylic acid groups (broad SMARTS) is 1. The average molecular weight is 881 g/mol. The van der Waals surface area contributed by atoms with Crippen molar-refractivity contribution in [3.05, 3.63) is 155 Å². The molecular formula is C43H40N6O9S3. The number of thioether (sulfide) groups is 1. The number of carboxylic acids is 1. The summed E-state index contributed by atoms with van der Waals surface area (Å²) in [5.41, 5.74) is 2.24. The van der Waals surface area contributed by atoms with Gasteiger partial charge >= 0.3 is 5.97 Å². The molecule has 2 aromatic heterocycles. The van der Waals surface area contributed by atoms with Crippen LogP contribution in [-0.4, -0.2) is 76.5 Å². The second-order valence-corrected chi connectivity index (χ2v) is 17.5. The lowest BCUT2D eigenvalue weighted by Gasteiger charge is -2.36. The molecule has 4 N–H and O–H groups in total. The van der Waals surface area contributed by atoms with Gasteiger partial charge in [0.15, 0.2) is 0 Å². The standard InChI is InChI=1S/C43H40N6O9S3/c1-56-34-15-11-30(12-16-34)43(29-8-4-3-5-9-29,31-13-17-35(57-2)18-14-31)47-61(54,55)42-45-37-20-19-36(22-39(37)60-42)58-25-32-23-49(48-46-32)24-40(51)44-38(41(52)53)27-59-26-28-7-6-10-33(50)21-28/h3-23,38,47,50H,24-27H2,1-2H3,(H,44,51)(H,52,53). The van der Waals surface area contributed by atoms with Crippen LogP contribution in [0.5, 0.6) is 23.0 Å². The summed E-state index contributed by atoms with van der Waals surface area (Å²) in [5.74, 6) is 0.597. The van der Waals surface area contributed by atoms with Crippen LogP contribution in [0.15, 0.2) is 132 Å². The number of phenols is 1. The molecule has 0 aliphatic heterocycles. The Kier molecular flexibility index (Phi) is 13.2. The van der Waals surface area contributed by atoms with Crippen LogP contribution in [0, 0.1) is 0 Å². The summed E-state index contributed by atoms with van der Waals surface area (Å²) in [5, 5.41) is 29.9. The molecular weight excluding hydrogens is 841 g/mol. The number of benzene rings is 5. The highest BCUT2D eigenvalue weighted by atomic mass is 32.2. The van der Waals surface area contributed by atoms with Gasteiger partial charge in [-0.1, -0.05) is 71.9 Å². The average Bonchev–Trinajstić information content (AvgIpc) is 3.92. The van der Waals surface area contributed by atoms with Crippen molar-refractivity contribution in [1.29, 1.82) is 0 Å². The molecule has 0 bridgehead atoms. The molecule has 18 heteroatoms. The molecule has 15 nitrogen and oxygen atoms in total. The Morgan fingerprint density at radius 1 is 0.852 bits per heavy atom. The summed E-state index contributed by atoms with van der Waals surface area (Å²) in [6.45, 7) is -0.292. The number of nitrogens with one attached hydrogen (secondary N) is 2. The molecule has 0 radical (unpaired) electrons. The number of aliphatic carboxylic acids is 1. The second kappa shape index (κ2) is 18.8. The zero-order chi connectivity index (χ0) is 43.0. The van der Waals surface area contributed by atoms with E-state index in [0.717, 1.165) is 16.9 Å². The van der Waals surface area contributed by atoms with E-state index in [1.807, 2.05) is 60.7 Å². The number of thiazole rings is 1. The first-order valence-corrected chi connectivity index (χ1v) is 22.1. The van der Waals surface area contributed by atoms with E-state index in [1.54, 1.807) is 74.9 Å². The van der Waals surface area contributed by atoms with E-state index in [4.69, 9.17) is 14.2 Å². The number of aromatic nitrogens is 4. The number of methoxy groups -OCH3 is 2. The van der Waals surface area contributed by atoms with E-state index >= 15 is 0 Å². The second-order valence-electron chi connectivity index (χ2n) is 13.6. The maximum absolute atomic E-state index is 14.5. The molecule has 1 amide bonds. The SMILES string of the molecule is COc1ccc(C(NS(=O)(=O)c2nc3ccc(OCc4cn(CC(=O)NC(CSCc5cccc(O)c5)C(=O)O)nn4)cc3s2)(c2ccccc2)c2ccc(OC)cc2)cc1. The maximum atomic E-state index is 14.5. The number of nitrogens with zero attached hydrogens (tertiary/aromatic N) is 4. The molecule has 61 heavy (non-hydrogen) atoms. The Morgan fingerprint density at radius 2 is 1.51 bits per heavy atom. The molecule has 314 valence electrons. The number of rotatable bonds is 19. The highest BCUT2D eigenvalue weighted by Crippen LogP contribution is 2.40. The molecule has 1 unspecified atom stereocenters. The van der Waals surface area contributed by atoms with Crippen molar-refractivity contribution in [3.8, 4) is 23.0 Å². The van der Waals surface area contributed by atoms with Gasteiger partial charge in [0, 0.05) is 11.5 Å². The quantitative estimate of drug-likeness (QED) is 0.0694. The van der Waals surface area contributed by atoms with Crippen molar-refractivity contribution in [2.75, 3.05) is 20.0 Å². The fourth-order valence-electron chi connectivity index (χ4n) is 6.52. The molecule has 7 aromatic rings. The highest BCUT2D eigenvalue weighted by Gasteiger charge is 2.42. The van der Waals surface area contributed by atoms with Crippen molar-refractivity contribution in [2.45, 2.75) is 34.8 Å². The summed E-state index contributed by atoms with van der Waals surface area (Å²) in [6.07, 6.45) is 1.51. The van der Waals surface area contributed by atoms with Crippen LogP contribution in [0.1, 0.15) is 27.9 Å². The summed E-state index contributed by atoms with van der Waals surface area (Å²) < 4.78 is 50.6. The van der Waals surface area contributed by atoms with Gasteiger partial charge in [-0.2, -0.15) is 16.5 Å². The number of phenolic OH excluding ortho intramolecular Hbond substituents is 1. The predicted octanol–water partition coefficient (Wildman–Crippen LogP) is 5.96. The molecule has 0 saturated carbocycles. The maximum Gasteiger partial charge on any atom is 0.327 e. The predicted molar refractivity (Wildman–Crippen MR) is 230 cm³/mol. The van der Waals surface area contributed by atoms with Crippen molar-refractivity contribution in [2.24, 2.45) is 0 Å². The normalized spacial score (nSPS) is 12.2. The molecule has 0 aliphatic carbocycles. The number of sulfonamides is 1. The van der Waals surface area contributed by atoms with E-state index in [2.05, 4.69) is 25.3 Å². The lowest BCUT2D eigenvalue weighted by molar-refractivity contribution is -0.141. The van der Waals surface area contributed by atoms with Gasteiger partial charge in [-0.25, -0.2) is 22.9 Å². The van der Waals surface area contributed by atoms with Gasteiger partial charge in [-0.15, -0.1) is 16.4 Å². The van der Waals surface area contributed by atoms with Gasteiger partial charge in [0.2, 0.25) is 10.2 Å². The van der Waals surface area contributed by atoms with Crippen LogP contribution in [0.4, 0.5) is 0 Å². The smallest absolute Gasteiger partial charge is 0.327 e. The largest absolute Gasteiger partial charge is 0.508 e. The van der Waals surface area contributed by atoms with Crippen LogP contribution >= 0.6 is 23.1 Å². The number of carbonyl (C=O) groups is 2. The topological polar surface area (TPSA) is 204 Å². The highest BCUT2D eigenvalue weighted by molar-refractivity contribution is 7.98. The van der Waals surface area contributed by atoms with Crippen molar-refractivity contribution in [1.82, 2.24) is 30.0 Å². The van der Waals surface area contributed by atoms with Crippen LogP contribution in [0.2, 0.25) is 0 Å². The number of hydrogen-bond donors (Lipinski definition) is 4. The molecule has 0 saturated heterocycles. The van der Waals surface area contributed by atoms with Gasteiger partial charge in [-0.3, -0.25) is 4.79 Å². The van der Waals surface area contributed by atoms with Gasteiger partial charge in [-0.05, 0) is 76.9 Å². The molecule has 2 heterocycles. The first kappa shape index (κ1) is 42.6. The number of hydrogen-bond acceptors (Lipinski definition) is 13. The van der Waals surface area contributed by atoms with Gasteiger partial charge < -0.3 is 29.7 Å². The number of ether oxygens (including phenoxy) is 3. The molecule has 1 atom stereocenters. The fourth-order valence-corrected chi connectivity index (χ4v) is 10.1. The van der Waals surface area contributed by atoms with Crippen LogP contribution in [0.25, 0.3) is 10.2 Å². The number of aromatic hydroxyl groups is 1. The van der Waals surface area contributed by atoms with Crippen LogP contribution < -0.4 is 24.2 Å². The van der Waals surface area contributed by atoms with Crippen LogP contribution in [-0.2, 0) is 44.1 Å². The lowest BCUT2D eigenvalue weighted by Crippen LogP contribution is -2.47. The van der Waals surface area contributed by atoms with Crippen molar-refractivity contribution < 1.29 is 42.4 Å². The van der Waals surface area contributed by atoms with E-state index < -0.39 is 33.5 Å². The Hall–Kier alpha value is -6.47. The third-order valence-corrected chi connectivity index (χ3v) is 13.4. The van der Waals surface area contributed by atoms with Crippen molar-refractivity contribution in [3.63, 3.8) is 0 Å². The van der Waals surface area contributed by atoms with Gasteiger partial charge in [0.1, 0.15) is 53.4 Å². The Morgan fingerprint density at radius 3 is 2.15 bits per heavy atom. The molecule has 5 aromatic carbocycles. The molecule has 0 aliphatic rings. The van der Waals surface area contributed by atoms with E-state index in [1.165, 1.54) is 22.6 Å². The third-order valence-electron chi connectivity index (χ3n) is 9.49. The summed E-state index contributed by atoms with van der Waals surface area (Å²) >= 11 is 2.30. The first-order chi connectivity index (χ1) is 29.4. The zero-order valence-electron chi connectivity index (χ0n) is 32.8. The fraction of sp³-hybridized carbons (Fsp3) is 0.186. The molecule has 0 fully saturated rings. The van der Waals surface area contributed by atoms with E-state index in [9.17, 15) is 28.2 Å². The monoisotopic (exact) mass is 880 g/mol. The minimum Gasteiger partial charge on any atom is -0.508 e. The molecule has 0 spiro atoms. The van der Waals surface area contributed by atoms with Crippen LogP contribution in [0.3, 0.4) is 0 Å².